The molecule has 0 aromatic carbocycles. The van der Waals surface area contributed by atoms with Gasteiger partial charge in [-0.1, -0.05) is 0 Å². The molecule has 0 aliphatic rings. The number of halogens is 5. The van der Waals surface area contributed by atoms with Crippen LogP contribution in [-0.4, -0.2) is 13.4 Å². The van der Waals surface area contributed by atoms with Gasteiger partial charge >= 0.3 is 6.18 Å². The fourth-order valence-corrected chi connectivity index (χ4v) is 2.14. The van der Waals surface area contributed by atoms with Gasteiger partial charge in [0.2, 0.25) is 10.0 Å². The van der Waals surface area contributed by atoms with Gasteiger partial charge in [0, 0.05) is 6.54 Å². The molecule has 0 atom stereocenters. The highest BCUT2D eigenvalue weighted by Crippen LogP contribution is 2.34. The van der Waals surface area contributed by atoms with E-state index in [-0.39, 0.29) is 6.07 Å². The van der Waals surface area contributed by atoms with Crippen molar-refractivity contribution in [2.24, 2.45) is 10.9 Å². The Balaban J connectivity index is 3.75. The van der Waals surface area contributed by atoms with Crippen molar-refractivity contribution in [2.75, 3.05) is 0 Å². The largest absolute Gasteiger partial charge is 0.433 e. The first kappa shape index (κ1) is 15.7. The first-order chi connectivity index (χ1) is 8.48. The molecule has 0 aliphatic heterocycles. The van der Waals surface area contributed by atoms with Gasteiger partial charge in [0.15, 0.2) is 0 Å². The van der Waals surface area contributed by atoms with Crippen LogP contribution in [0.15, 0.2) is 11.0 Å². The molecular weight excluding hydrogens is 297 g/mol. The highest BCUT2D eigenvalue weighted by atomic mass is 32.2. The van der Waals surface area contributed by atoms with E-state index in [1.165, 1.54) is 0 Å². The zero-order valence-corrected chi connectivity index (χ0v) is 9.89. The maximum Gasteiger partial charge on any atom is 0.433 e. The van der Waals surface area contributed by atoms with Crippen molar-refractivity contribution in [2.45, 2.75) is 24.0 Å². The number of sulfonamides is 1. The normalized spacial score (nSPS) is 13.1. The Morgan fingerprint density at radius 1 is 1.32 bits per heavy atom. The molecule has 0 spiro atoms. The van der Waals surface area contributed by atoms with Crippen molar-refractivity contribution in [1.82, 2.24) is 4.98 Å². The van der Waals surface area contributed by atoms with Crippen LogP contribution >= 0.6 is 0 Å². The first-order valence-corrected chi connectivity index (χ1v) is 6.15. The lowest BCUT2D eigenvalue weighted by molar-refractivity contribution is -0.141. The van der Waals surface area contributed by atoms with E-state index in [1.807, 2.05) is 0 Å². The summed E-state index contributed by atoms with van der Waals surface area (Å²) >= 11 is 0. The second-order valence-corrected chi connectivity index (χ2v) is 4.94. The maximum atomic E-state index is 12.7. The molecule has 1 heterocycles. The average molecular weight is 305 g/mol. The molecule has 11 heteroatoms. The summed E-state index contributed by atoms with van der Waals surface area (Å²) in [4.78, 5) is 1.58. The summed E-state index contributed by atoms with van der Waals surface area (Å²) in [7, 11) is -4.77. The van der Waals surface area contributed by atoms with Crippen LogP contribution in [0.1, 0.15) is 23.4 Å². The molecular formula is C8H8F5N3O2S. The van der Waals surface area contributed by atoms with E-state index in [1.54, 1.807) is 0 Å². The third kappa shape index (κ3) is 3.36. The summed E-state index contributed by atoms with van der Waals surface area (Å²) in [5.74, 6) is 0. The number of nitrogens with two attached hydrogens (primary N) is 2. The van der Waals surface area contributed by atoms with Crippen LogP contribution in [-0.2, 0) is 22.7 Å². The smallest absolute Gasteiger partial charge is 0.325 e. The van der Waals surface area contributed by atoms with Gasteiger partial charge in [-0.3, -0.25) is 0 Å². The van der Waals surface area contributed by atoms with Gasteiger partial charge in [0.1, 0.15) is 5.69 Å². The van der Waals surface area contributed by atoms with Crippen LogP contribution < -0.4 is 10.9 Å². The van der Waals surface area contributed by atoms with E-state index in [9.17, 15) is 30.4 Å². The molecule has 0 unspecified atom stereocenters. The van der Waals surface area contributed by atoms with Crippen molar-refractivity contribution < 1.29 is 30.4 Å². The molecule has 0 bridgehead atoms. The second-order valence-electron chi connectivity index (χ2n) is 3.41. The van der Waals surface area contributed by atoms with Crippen molar-refractivity contribution in [3.8, 4) is 0 Å². The molecule has 1 aromatic heterocycles. The van der Waals surface area contributed by atoms with Gasteiger partial charge in [-0.15, -0.1) is 0 Å². The van der Waals surface area contributed by atoms with Crippen LogP contribution in [0.2, 0.25) is 0 Å². The molecule has 4 N–H and O–H groups in total. The topological polar surface area (TPSA) is 99.1 Å². The molecule has 19 heavy (non-hydrogen) atoms. The van der Waals surface area contributed by atoms with Gasteiger partial charge < -0.3 is 5.73 Å². The zero-order valence-electron chi connectivity index (χ0n) is 9.08. The number of hydrogen-bond donors (Lipinski definition) is 2. The number of nitrogens with zero attached hydrogens (tertiary/aromatic N) is 1. The van der Waals surface area contributed by atoms with Gasteiger partial charge in [-0.05, 0) is 6.07 Å². The molecule has 0 saturated carbocycles. The predicted molar refractivity (Wildman–Crippen MR) is 53.5 cm³/mol. The molecule has 1 aromatic rings. The SMILES string of the molecule is NCc1nc(C(F)(F)F)cc(S(N)(=O)=O)c1C(F)F. The molecule has 0 saturated heterocycles. The lowest BCUT2D eigenvalue weighted by Gasteiger charge is -2.14. The van der Waals surface area contributed by atoms with Crippen LogP contribution in [0, 0.1) is 0 Å². The Bertz CT molecular complexity index is 585. The van der Waals surface area contributed by atoms with E-state index in [0.717, 1.165) is 0 Å². The Kier molecular flexibility index (Phi) is 4.12. The van der Waals surface area contributed by atoms with E-state index >= 15 is 0 Å². The first-order valence-electron chi connectivity index (χ1n) is 4.60. The standard InChI is InChI=1S/C8H8F5N3O2S/c9-7(10)6-3(2-14)16-5(8(11,12)13)1-4(6)19(15,17)18/h1,7H,2,14H2,(H2,15,17,18). The summed E-state index contributed by atoms with van der Waals surface area (Å²) in [6.07, 6.45) is -8.38. The quantitative estimate of drug-likeness (QED) is 0.818. The average Bonchev–Trinajstić information content (AvgIpc) is 2.24. The predicted octanol–water partition coefficient (Wildman–Crippen LogP) is 1.14. The van der Waals surface area contributed by atoms with Crippen molar-refractivity contribution in [3.63, 3.8) is 0 Å². The van der Waals surface area contributed by atoms with E-state index in [2.05, 4.69) is 10.1 Å². The molecule has 0 radical (unpaired) electrons. The third-order valence-electron chi connectivity index (χ3n) is 2.11. The van der Waals surface area contributed by atoms with Crippen LogP contribution in [0.3, 0.4) is 0 Å². The second kappa shape index (κ2) is 4.98. The fraction of sp³-hybridized carbons (Fsp3) is 0.375. The van der Waals surface area contributed by atoms with Crippen LogP contribution in [0.5, 0.6) is 0 Å². The lowest BCUT2D eigenvalue weighted by atomic mass is 10.1. The van der Waals surface area contributed by atoms with Gasteiger partial charge in [-0.2, -0.15) is 13.2 Å². The zero-order chi connectivity index (χ0) is 15.0. The van der Waals surface area contributed by atoms with Gasteiger partial charge in [0.25, 0.3) is 6.43 Å². The summed E-state index contributed by atoms with van der Waals surface area (Å²) in [5.41, 5.74) is 1.29. The molecule has 0 amide bonds. The molecule has 5 nitrogen and oxygen atoms in total. The summed E-state index contributed by atoms with van der Waals surface area (Å²) in [6.45, 7) is -0.786. The van der Waals surface area contributed by atoms with Crippen molar-refractivity contribution >= 4 is 10.0 Å². The van der Waals surface area contributed by atoms with E-state index in [4.69, 9.17) is 5.73 Å². The Morgan fingerprint density at radius 2 is 1.84 bits per heavy atom. The summed E-state index contributed by atoms with van der Waals surface area (Å²) in [6, 6.07) is -0.0318. The lowest BCUT2D eigenvalue weighted by Crippen LogP contribution is -2.21. The summed E-state index contributed by atoms with van der Waals surface area (Å²) < 4.78 is 85.1. The highest BCUT2D eigenvalue weighted by molar-refractivity contribution is 7.89. The molecule has 0 fully saturated rings. The van der Waals surface area contributed by atoms with Crippen LogP contribution in [0.25, 0.3) is 0 Å². The number of primary sulfonamides is 1. The Hall–Kier alpha value is -1.33. The number of alkyl halides is 5. The molecule has 108 valence electrons. The minimum atomic E-state index is -5.01. The number of aromatic nitrogens is 1. The number of rotatable bonds is 3. The van der Waals surface area contributed by atoms with Crippen molar-refractivity contribution in [3.05, 3.63) is 23.0 Å². The minimum Gasteiger partial charge on any atom is -0.325 e. The van der Waals surface area contributed by atoms with E-state index in [0.29, 0.717) is 0 Å². The Morgan fingerprint density at radius 3 is 2.16 bits per heavy atom. The van der Waals surface area contributed by atoms with Crippen molar-refractivity contribution in [1.29, 1.82) is 0 Å². The molecule has 0 aliphatic carbocycles. The number of pyridine rings is 1. The minimum absolute atomic E-state index is 0.0318. The molecule has 1 rings (SSSR count). The maximum absolute atomic E-state index is 12.7. The van der Waals surface area contributed by atoms with Gasteiger partial charge in [-0.25, -0.2) is 27.3 Å². The summed E-state index contributed by atoms with van der Waals surface area (Å²) in [5, 5.41) is 4.63. The Labute approximate surface area is 104 Å². The van der Waals surface area contributed by atoms with Gasteiger partial charge in [0.05, 0.1) is 16.2 Å². The third-order valence-corrected chi connectivity index (χ3v) is 3.06. The fourth-order valence-electron chi connectivity index (χ4n) is 1.35. The monoisotopic (exact) mass is 305 g/mol. The van der Waals surface area contributed by atoms with Crippen LogP contribution in [0.4, 0.5) is 22.0 Å². The van der Waals surface area contributed by atoms with E-state index < -0.39 is 51.0 Å². The number of hydrogen-bond acceptors (Lipinski definition) is 4. The highest BCUT2D eigenvalue weighted by Gasteiger charge is 2.36.